The van der Waals surface area contributed by atoms with Gasteiger partial charge in [0.25, 0.3) is 0 Å². The van der Waals surface area contributed by atoms with E-state index in [4.69, 9.17) is 9.47 Å². The molecular weight excluding hydrogens is 380 g/mol. The van der Waals surface area contributed by atoms with Gasteiger partial charge < -0.3 is 9.47 Å². The van der Waals surface area contributed by atoms with E-state index in [1.54, 1.807) is 0 Å². The number of hydrogen-bond acceptors (Lipinski definition) is 5. The highest BCUT2D eigenvalue weighted by atomic mass is 16.5. The fraction of sp³-hybridized carbons (Fsp3) is 0.720. The highest BCUT2D eigenvalue weighted by Crippen LogP contribution is 2.67. The first-order chi connectivity index (χ1) is 14.5. The van der Waals surface area contributed by atoms with Crippen molar-refractivity contribution in [2.45, 2.75) is 57.5 Å². The summed E-state index contributed by atoms with van der Waals surface area (Å²) in [7, 11) is 0. The van der Waals surface area contributed by atoms with Crippen molar-refractivity contribution in [1.29, 1.82) is 0 Å². The Kier molecular flexibility index (Phi) is 4.26. The molecule has 0 radical (unpaired) electrons. The molecule has 5 nitrogen and oxygen atoms in total. The van der Waals surface area contributed by atoms with Crippen LogP contribution in [-0.2, 0) is 23.9 Å². The van der Waals surface area contributed by atoms with Gasteiger partial charge in [-0.1, -0.05) is 24.3 Å². The third-order valence-corrected chi connectivity index (χ3v) is 9.05. The Bertz CT molecular complexity index is 842. The summed E-state index contributed by atoms with van der Waals surface area (Å²) in [4.78, 5) is 37.1. The number of ether oxygens (including phenoxy) is 2. The van der Waals surface area contributed by atoms with Gasteiger partial charge in [-0.3, -0.25) is 14.4 Å². The molecule has 9 unspecified atom stereocenters. The number of fused-ring (bicyclic) bond motifs is 4. The van der Waals surface area contributed by atoms with E-state index in [0.29, 0.717) is 49.5 Å². The molecule has 0 aromatic rings. The molecule has 4 fully saturated rings. The van der Waals surface area contributed by atoms with Crippen LogP contribution in [-0.4, -0.2) is 30.4 Å². The fourth-order valence-electron chi connectivity index (χ4n) is 7.91. The molecule has 0 aromatic heterocycles. The summed E-state index contributed by atoms with van der Waals surface area (Å²) >= 11 is 0. The van der Waals surface area contributed by atoms with Crippen LogP contribution in [0.25, 0.3) is 0 Å². The van der Waals surface area contributed by atoms with Crippen LogP contribution < -0.4 is 0 Å². The van der Waals surface area contributed by atoms with E-state index in [-0.39, 0.29) is 40.9 Å². The first-order valence-corrected chi connectivity index (χ1v) is 11.8. The first-order valence-electron chi connectivity index (χ1n) is 11.8. The average molecular weight is 411 g/mol. The lowest BCUT2D eigenvalue weighted by Crippen LogP contribution is -2.43. The second-order valence-corrected chi connectivity index (χ2v) is 10.6. The molecular formula is C25H30O5. The van der Waals surface area contributed by atoms with Gasteiger partial charge in [0.15, 0.2) is 11.9 Å². The molecule has 6 aliphatic rings. The average Bonchev–Trinajstić information content (AvgIpc) is 3.53. The van der Waals surface area contributed by atoms with Crippen LogP contribution in [0.4, 0.5) is 0 Å². The Morgan fingerprint density at radius 2 is 2.03 bits per heavy atom. The molecule has 9 atom stereocenters. The van der Waals surface area contributed by atoms with Crippen LogP contribution in [0, 0.1) is 46.8 Å². The highest BCUT2D eigenvalue weighted by molar-refractivity contribution is 5.88. The Labute approximate surface area is 177 Å². The summed E-state index contributed by atoms with van der Waals surface area (Å²) in [6.07, 6.45) is 15.7. The van der Waals surface area contributed by atoms with Gasteiger partial charge in [-0.15, -0.1) is 0 Å². The maximum Gasteiger partial charge on any atom is 0.310 e. The van der Waals surface area contributed by atoms with Crippen molar-refractivity contribution in [2.75, 3.05) is 6.61 Å². The van der Waals surface area contributed by atoms with Crippen molar-refractivity contribution in [2.24, 2.45) is 46.8 Å². The van der Waals surface area contributed by atoms with Crippen LogP contribution in [0.1, 0.15) is 51.4 Å². The van der Waals surface area contributed by atoms with E-state index in [0.717, 1.165) is 32.1 Å². The van der Waals surface area contributed by atoms with Gasteiger partial charge in [0, 0.05) is 12.3 Å². The lowest BCUT2D eigenvalue weighted by molar-refractivity contribution is -0.162. The molecule has 6 rings (SSSR count). The van der Waals surface area contributed by atoms with Crippen LogP contribution in [0.2, 0.25) is 0 Å². The SMILES string of the molecule is O=C1CC(CC2CC3C=CC2(C2C4C=CC(C4)C2C(=O)OC2CCCC2=O)C3)CO1. The van der Waals surface area contributed by atoms with E-state index in [1.807, 2.05) is 0 Å². The van der Waals surface area contributed by atoms with Crippen LogP contribution >= 0.6 is 0 Å². The molecule has 3 saturated carbocycles. The van der Waals surface area contributed by atoms with Crippen LogP contribution in [0.15, 0.2) is 24.3 Å². The molecule has 30 heavy (non-hydrogen) atoms. The van der Waals surface area contributed by atoms with E-state index in [2.05, 4.69) is 24.3 Å². The lowest BCUT2D eigenvalue weighted by atomic mass is 9.59. The summed E-state index contributed by atoms with van der Waals surface area (Å²) in [5, 5.41) is 0. The molecule has 0 aromatic carbocycles. The van der Waals surface area contributed by atoms with Gasteiger partial charge in [0.05, 0.1) is 18.9 Å². The zero-order valence-corrected chi connectivity index (χ0v) is 17.3. The van der Waals surface area contributed by atoms with Crippen molar-refractivity contribution in [3.05, 3.63) is 24.3 Å². The molecule has 0 spiro atoms. The summed E-state index contributed by atoms with van der Waals surface area (Å²) in [6.45, 7) is 0.547. The maximum absolute atomic E-state index is 13.4. The summed E-state index contributed by atoms with van der Waals surface area (Å²) < 4.78 is 11.1. The molecule has 0 N–H and O–H groups in total. The normalized spacial score (nSPS) is 48.1. The number of rotatable bonds is 5. The number of esters is 2. The van der Waals surface area contributed by atoms with Crippen LogP contribution in [0.3, 0.4) is 0 Å². The summed E-state index contributed by atoms with van der Waals surface area (Å²) in [5.41, 5.74) is 0.0177. The van der Waals surface area contributed by atoms with Gasteiger partial charge in [-0.25, -0.2) is 0 Å². The molecule has 1 heterocycles. The van der Waals surface area contributed by atoms with Crippen molar-refractivity contribution >= 4 is 17.7 Å². The summed E-state index contributed by atoms with van der Waals surface area (Å²) in [6, 6.07) is 0. The van der Waals surface area contributed by atoms with E-state index in [1.165, 1.54) is 0 Å². The highest BCUT2D eigenvalue weighted by Gasteiger charge is 2.63. The molecule has 1 aliphatic heterocycles. The van der Waals surface area contributed by atoms with Gasteiger partial charge in [-0.2, -0.15) is 0 Å². The van der Waals surface area contributed by atoms with Crippen molar-refractivity contribution in [1.82, 2.24) is 0 Å². The Morgan fingerprint density at radius 1 is 1.17 bits per heavy atom. The minimum absolute atomic E-state index is 0.0177. The quantitative estimate of drug-likeness (QED) is 0.511. The molecule has 160 valence electrons. The Hall–Kier alpha value is -1.91. The summed E-state index contributed by atoms with van der Waals surface area (Å²) in [5.74, 6) is 2.02. The zero-order chi connectivity index (χ0) is 20.5. The van der Waals surface area contributed by atoms with Gasteiger partial charge in [0.1, 0.15) is 0 Å². The van der Waals surface area contributed by atoms with E-state index in [9.17, 15) is 14.4 Å². The number of ketones is 1. The minimum atomic E-state index is -0.522. The number of carbonyl (C=O) groups excluding carboxylic acids is 3. The number of cyclic esters (lactones) is 1. The van der Waals surface area contributed by atoms with Gasteiger partial charge in [0.2, 0.25) is 0 Å². The molecule has 1 saturated heterocycles. The van der Waals surface area contributed by atoms with Crippen molar-refractivity contribution < 1.29 is 23.9 Å². The van der Waals surface area contributed by atoms with Crippen molar-refractivity contribution in [3.63, 3.8) is 0 Å². The van der Waals surface area contributed by atoms with E-state index < -0.39 is 6.10 Å². The predicted molar refractivity (Wildman–Crippen MR) is 108 cm³/mol. The van der Waals surface area contributed by atoms with Gasteiger partial charge >= 0.3 is 11.9 Å². The third kappa shape index (κ3) is 2.76. The molecule has 0 amide bonds. The standard InChI is InChI=1S/C25H30O5/c26-19-2-1-3-20(19)30-24(28)22-16-4-5-17(11-16)23(22)25-7-6-14(12-25)8-18(25)9-15-10-21(27)29-13-15/h4-7,14-18,20,22-23H,1-3,8-13H2. The number of hydrogen-bond donors (Lipinski definition) is 0. The second kappa shape index (κ2) is 6.80. The fourth-order valence-corrected chi connectivity index (χ4v) is 7.91. The Morgan fingerprint density at radius 3 is 2.77 bits per heavy atom. The maximum atomic E-state index is 13.4. The molecule has 5 heteroatoms. The van der Waals surface area contributed by atoms with Crippen molar-refractivity contribution in [3.8, 4) is 0 Å². The first kappa shape index (κ1) is 18.8. The number of carbonyl (C=O) groups is 3. The van der Waals surface area contributed by atoms with Gasteiger partial charge in [-0.05, 0) is 73.5 Å². The minimum Gasteiger partial charge on any atom is -0.465 e. The monoisotopic (exact) mass is 410 g/mol. The molecule has 5 aliphatic carbocycles. The zero-order valence-electron chi connectivity index (χ0n) is 17.3. The van der Waals surface area contributed by atoms with E-state index >= 15 is 0 Å². The lowest BCUT2D eigenvalue weighted by Gasteiger charge is -2.44. The largest absolute Gasteiger partial charge is 0.465 e. The topological polar surface area (TPSA) is 69.7 Å². The number of Topliss-reactive ketones (excluding diaryl/α,β-unsaturated/α-hetero) is 1. The Balaban J connectivity index is 1.27. The smallest absolute Gasteiger partial charge is 0.310 e. The third-order valence-electron chi connectivity index (χ3n) is 9.05. The van der Waals surface area contributed by atoms with Crippen LogP contribution in [0.5, 0.6) is 0 Å². The number of allylic oxidation sites excluding steroid dienone is 4. The molecule has 4 bridgehead atoms. The second-order valence-electron chi connectivity index (χ2n) is 10.6. The predicted octanol–water partition coefficient (Wildman–Crippen LogP) is 3.63.